The number of hydrogen-bond donors (Lipinski definition) is 8. The molecule has 11 nitrogen and oxygen atoms in total. The van der Waals surface area contributed by atoms with Crippen LogP contribution in [0.2, 0.25) is 0 Å². The number of aliphatic carboxylic acids is 1. The van der Waals surface area contributed by atoms with Crippen LogP contribution in [0.25, 0.3) is 0 Å². The van der Waals surface area contributed by atoms with Crippen LogP contribution in [0.3, 0.4) is 0 Å². The molecule has 0 aromatic heterocycles. The van der Waals surface area contributed by atoms with Gasteiger partial charge in [-0.25, -0.2) is 4.79 Å². The Bertz CT molecular complexity index is 418. The van der Waals surface area contributed by atoms with E-state index in [9.17, 15) is 30.0 Å². The normalized spacial score (nSPS) is 34.7. The van der Waals surface area contributed by atoms with Crippen LogP contribution in [-0.2, 0) is 14.3 Å². The molecule has 2 unspecified atom stereocenters. The number of carbonyl (C=O) groups excluding carboxylic acids is 1. The number of carboxylic acids is 1. The molecular weight excluding hydrogens is 306 g/mol. The first kappa shape index (κ1) is 18.7. The zero-order valence-electron chi connectivity index (χ0n) is 11.4. The number of aliphatic hydroxyl groups is 6. The lowest BCUT2D eigenvalue weighted by atomic mass is 9.88. The summed E-state index contributed by atoms with van der Waals surface area (Å²) >= 11 is 0. The topological polar surface area (TPSA) is 197 Å². The Hall–Kier alpha value is -1.34. The standard InChI is InChI=1S/C11H19NO10/c13-2-5(16)8(18)9-7(12-6(17)3-14)4(15)1-11(21,22-9)10(19)20/h4-5,7-9,13-16,18,21H,1-3H2,(H,12,17)(H,19,20)/t4-,5?,7+,8?,9+,11-/m0/s1. The van der Waals surface area contributed by atoms with Crippen molar-refractivity contribution in [2.45, 2.75) is 42.7 Å². The maximum absolute atomic E-state index is 11.2. The van der Waals surface area contributed by atoms with E-state index in [0.717, 1.165) is 0 Å². The van der Waals surface area contributed by atoms with Gasteiger partial charge >= 0.3 is 5.97 Å². The largest absolute Gasteiger partial charge is 0.477 e. The summed E-state index contributed by atoms with van der Waals surface area (Å²) in [6.45, 7) is -1.86. The van der Waals surface area contributed by atoms with Crippen molar-refractivity contribution in [3.8, 4) is 0 Å². The summed E-state index contributed by atoms with van der Waals surface area (Å²) in [5.41, 5.74) is 0. The Balaban J connectivity index is 3.07. The summed E-state index contributed by atoms with van der Waals surface area (Å²) in [5, 5.41) is 67.5. The van der Waals surface area contributed by atoms with E-state index in [0.29, 0.717) is 0 Å². The molecule has 0 radical (unpaired) electrons. The third-order valence-electron chi connectivity index (χ3n) is 3.31. The SMILES string of the molecule is O=C(CO)N[C@@H]1[C@@H](O)C[C@@](O)(C(=O)O)O[C@H]1C(O)C(O)CO. The van der Waals surface area contributed by atoms with Crippen molar-refractivity contribution in [3.05, 3.63) is 0 Å². The van der Waals surface area contributed by atoms with Crippen LogP contribution in [-0.4, -0.2) is 97.1 Å². The molecule has 0 saturated carbocycles. The lowest BCUT2D eigenvalue weighted by Gasteiger charge is -2.44. The number of hydrogen-bond acceptors (Lipinski definition) is 9. The van der Waals surface area contributed by atoms with E-state index in [1.165, 1.54) is 0 Å². The molecule has 0 bridgehead atoms. The number of aliphatic hydroxyl groups excluding tert-OH is 5. The highest BCUT2D eigenvalue weighted by Gasteiger charge is 2.53. The second kappa shape index (κ2) is 7.28. The molecule has 0 spiro atoms. The van der Waals surface area contributed by atoms with Crippen molar-refractivity contribution in [3.63, 3.8) is 0 Å². The summed E-state index contributed by atoms with van der Waals surface area (Å²) in [7, 11) is 0. The van der Waals surface area contributed by atoms with Crippen LogP contribution < -0.4 is 5.32 Å². The number of ether oxygens (including phenoxy) is 1. The molecule has 1 rings (SSSR count). The lowest BCUT2D eigenvalue weighted by Crippen LogP contribution is -2.67. The molecule has 0 aliphatic carbocycles. The highest BCUT2D eigenvalue weighted by atomic mass is 16.7. The number of carbonyl (C=O) groups is 2. The van der Waals surface area contributed by atoms with Crippen molar-refractivity contribution >= 4 is 11.9 Å². The number of carboxylic acid groups (broad SMARTS) is 1. The number of nitrogens with one attached hydrogen (secondary N) is 1. The maximum atomic E-state index is 11.2. The Morgan fingerprint density at radius 2 is 1.91 bits per heavy atom. The minimum absolute atomic E-state index is 0.822. The predicted molar refractivity (Wildman–Crippen MR) is 66.2 cm³/mol. The molecule has 0 aromatic rings. The molecule has 0 aromatic carbocycles. The van der Waals surface area contributed by atoms with Crippen LogP contribution in [0.5, 0.6) is 0 Å². The lowest BCUT2D eigenvalue weighted by molar-refractivity contribution is -0.295. The van der Waals surface area contributed by atoms with Crippen molar-refractivity contribution < 1.29 is 50.1 Å². The fourth-order valence-corrected chi connectivity index (χ4v) is 2.13. The minimum Gasteiger partial charge on any atom is -0.477 e. The zero-order valence-corrected chi connectivity index (χ0v) is 11.4. The molecule has 11 heteroatoms. The highest BCUT2D eigenvalue weighted by molar-refractivity contribution is 5.78. The van der Waals surface area contributed by atoms with Gasteiger partial charge in [0.2, 0.25) is 5.91 Å². The Morgan fingerprint density at radius 1 is 1.32 bits per heavy atom. The van der Waals surface area contributed by atoms with Crippen LogP contribution >= 0.6 is 0 Å². The Morgan fingerprint density at radius 3 is 2.36 bits per heavy atom. The molecule has 1 aliphatic heterocycles. The molecule has 22 heavy (non-hydrogen) atoms. The van der Waals surface area contributed by atoms with Gasteiger partial charge in [-0.15, -0.1) is 0 Å². The second-order valence-electron chi connectivity index (χ2n) is 4.94. The minimum atomic E-state index is -2.85. The van der Waals surface area contributed by atoms with Crippen molar-refractivity contribution in [2.75, 3.05) is 13.2 Å². The van der Waals surface area contributed by atoms with Gasteiger partial charge < -0.3 is 45.8 Å². The summed E-state index contributed by atoms with van der Waals surface area (Å²) in [6, 6.07) is -1.42. The van der Waals surface area contributed by atoms with Crippen LogP contribution in [0.1, 0.15) is 6.42 Å². The van der Waals surface area contributed by atoms with Gasteiger partial charge in [0, 0.05) is 6.42 Å². The van der Waals surface area contributed by atoms with E-state index < -0.39 is 67.8 Å². The van der Waals surface area contributed by atoms with Crippen LogP contribution in [0.15, 0.2) is 0 Å². The fourth-order valence-electron chi connectivity index (χ4n) is 2.13. The first-order chi connectivity index (χ1) is 10.2. The van der Waals surface area contributed by atoms with Gasteiger partial charge in [-0.1, -0.05) is 0 Å². The van der Waals surface area contributed by atoms with Gasteiger partial charge in [-0.05, 0) is 0 Å². The van der Waals surface area contributed by atoms with Gasteiger partial charge in [0.25, 0.3) is 5.79 Å². The van der Waals surface area contributed by atoms with Crippen LogP contribution in [0, 0.1) is 0 Å². The first-order valence-corrected chi connectivity index (χ1v) is 6.35. The van der Waals surface area contributed by atoms with Crippen molar-refractivity contribution in [2.24, 2.45) is 0 Å². The second-order valence-corrected chi connectivity index (χ2v) is 4.94. The van der Waals surface area contributed by atoms with Gasteiger partial charge in [-0.3, -0.25) is 4.79 Å². The van der Waals surface area contributed by atoms with Crippen molar-refractivity contribution in [1.82, 2.24) is 5.32 Å². The molecule has 1 heterocycles. The fraction of sp³-hybridized carbons (Fsp3) is 0.818. The summed E-state index contributed by atoms with van der Waals surface area (Å²) in [4.78, 5) is 22.2. The molecule has 8 N–H and O–H groups in total. The van der Waals surface area contributed by atoms with Gasteiger partial charge in [0.1, 0.15) is 24.9 Å². The summed E-state index contributed by atoms with van der Waals surface area (Å²) in [6.07, 6.45) is -7.92. The molecular formula is C11H19NO10. The van der Waals surface area contributed by atoms with Gasteiger partial charge in [-0.2, -0.15) is 0 Å². The smallest absolute Gasteiger partial charge is 0.364 e. The summed E-state index contributed by atoms with van der Waals surface area (Å²) in [5.74, 6) is -5.64. The first-order valence-electron chi connectivity index (χ1n) is 6.35. The van der Waals surface area contributed by atoms with E-state index in [2.05, 4.69) is 5.32 Å². The number of amides is 1. The quantitative estimate of drug-likeness (QED) is 0.234. The van der Waals surface area contributed by atoms with Crippen LogP contribution in [0.4, 0.5) is 0 Å². The monoisotopic (exact) mass is 325 g/mol. The van der Waals surface area contributed by atoms with Gasteiger partial charge in [0.15, 0.2) is 0 Å². The third-order valence-corrected chi connectivity index (χ3v) is 3.31. The highest BCUT2D eigenvalue weighted by Crippen LogP contribution is 2.30. The maximum Gasteiger partial charge on any atom is 0.364 e. The molecule has 128 valence electrons. The molecule has 1 fully saturated rings. The Labute approximate surface area is 124 Å². The average Bonchev–Trinajstić information content (AvgIpc) is 2.47. The molecule has 6 atom stereocenters. The van der Waals surface area contributed by atoms with Crippen molar-refractivity contribution in [1.29, 1.82) is 0 Å². The predicted octanol–water partition coefficient (Wildman–Crippen LogP) is -4.90. The zero-order chi connectivity index (χ0) is 17.1. The van der Waals surface area contributed by atoms with Gasteiger partial charge in [0.05, 0.1) is 18.8 Å². The molecule has 1 saturated heterocycles. The van der Waals surface area contributed by atoms with E-state index >= 15 is 0 Å². The average molecular weight is 325 g/mol. The van der Waals surface area contributed by atoms with E-state index in [1.807, 2.05) is 0 Å². The Kier molecular flexibility index (Phi) is 6.19. The molecule has 1 aliphatic rings. The van der Waals surface area contributed by atoms with E-state index in [-0.39, 0.29) is 0 Å². The summed E-state index contributed by atoms with van der Waals surface area (Å²) < 4.78 is 4.83. The van der Waals surface area contributed by atoms with E-state index in [4.69, 9.17) is 20.1 Å². The molecule has 1 amide bonds. The third kappa shape index (κ3) is 3.89. The number of rotatable bonds is 6. The van der Waals surface area contributed by atoms with E-state index in [1.54, 1.807) is 0 Å².